The summed E-state index contributed by atoms with van der Waals surface area (Å²) < 4.78 is 62.4. The predicted octanol–water partition coefficient (Wildman–Crippen LogP) is 9.22. The third kappa shape index (κ3) is 7.18. The van der Waals surface area contributed by atoms with Gasteiger partial charge in [0.25, 0.3) is 0 Å². The van der Waals surface area contributed by atoms with Gasteiger partial charge >= 0.3 is 12.1 Å². The van der Waals surface area contributed by atoms with Gasteiger partial charge in [-0.1, -0.05) is 84.7 Å². The summed E-state index contributed by atoms with van der Waals surface area (Å²) >= 11 is 12.2. The summed E-state index contributed by atoms with van der Waals surface area (Å²) in [7, 11) is 0. The lowest BCUT2D eigenvalue weighted by Crippen LogP contribution is -2.31. The molecule has 0 spiro atoms. The number of benzene rings is 4. The lowest BCUT2D eigenvalue weighted by molar-refractivity contribution is -0.188. The van der Waals surface area contributed by atoms with Gasteiger partial charge < -0.3 is 18.9 Å². The zero-order valence-corrected chi connectivity index (χ0v) is 23.0. The molecule has 0 aliphatic carbocycles. The molecule has 0 saturated carbocycles. The van der Waals surface area contributed by atoms with Crippen LogP contribution in [0.5, 0.6) is 17.2 Å². The number of carbonyl (C=O) groups is 1. The predicted molar refractivity (Wildman–Crippen MR) is 147 cm³/mol. The second-order valence-corrected chi connectivity index (χ2v) is 9.62. The lowest BCUT2D eigenvalue weighted by atomic mass is 10.1. The van der Waals surface area contributed by atoms with E-state index in [1.165, 1.54) is 0 Å². The molecule has 0 aliphatic heterocycles. The first kappa shape index (κ1) is 29.5. The topological polar surface area (TPSA) is 54.0 Å². The number of carbonyl (C=O) groups excluding carboxylic acids is 1. The molecule has 4 aromatic rings. The molecule has 0 N–H and O–H groups in total. The summed E-state index contributed by atoms with van der Waals surface area (Å²) in [6.45, 7) is 3.70. The largest absolute Gasteiger partial charge is 0.478 e. The quantitative estimate of drug-likeness (QED) is 0.136. The van der Waals surface area contributed by atoms with E-state index >= 15 is 0 Å². The van der Waals surface area contributed by atoms with Gasteiger partial charge in [0, 0.05) is 17.2 Å². The number of alkyl halides is 3. The minimum atomic E-state index is -4.61. The van der Waals surface area contributed by atoms with E-state index in [2.05, 4.69) is 0 Å². The van der Waals surface area contributed by atoms with Crippen LogP contribution in [0.25, 0.3) is 10.8 Å². The highest BCUT2D eigenvalue weighted by Crippen LogP contribution is 2.43. The van der Waals surface area contributed by atoms with Crippen molar-refractivity contribution < 1.29 is 36.9 Å². The Morgan fingerprint density at radius 1 is 0.875 bits per heavy atom. The maximum atomic E-state index is 13.1. The molecular weight excluding hydrogens is 568 g/mol. The zero-order valence-electron chi connectivity index (χ0n) is 21.5. The molecule has 0 aromatic heterocycles. The minimum absolute atomic E-state index is 0.117. The van der Waals surface area contributed by atoms with E-state index in [0.717, 1.165) is 17.7 Å². The van der Waals surface area contributed by atoms with E-state index in [1.54, 1.807) is 43.3 Å². The Morgan fingerprint density at radius 2 is 1.48 bits per heavy atom. The maximum absolute atomic E-state index is 13.1. The van der Waals surface area contributed by atoms with Gasteiger partial charge in [-0.3, -0.25) is 0 Å². The Morgan fingerprint density at radius 3 is 2.08 bits per heavy atom. The molecule has 0 bridgehead atoms. The van der Waals surface area contributed by atoms with Crippen LogP contribution < -0.4 is 9.47 Å². The van der Waals surface area contributed by atoms with Crippen LogP contribution in [0.3, 0.4) is 0 Å². The molecule has 0 fully saturated rings. The number of ether oxygens (including phenoxy) is 4. The number of hydrogen-bond donors (Lipinski definition) is 0. The summed E-state index contributed by atoms with van der Waals surface area (Å²) in [5.41, 5.74) is -0.0333. The molecule has 2 atom stereocenters. The number of esters is 1. The second kappa shape index (κ2) is 12.8. The summed E-state index contributed by atoms with van der Waals surface area (Å²) in [5.74, 6) is -0.0711. The first-order chi connectivity index (χ1) is 19.1. The highest BCUT2D eigenvalue weighted by atomic mass is 35.5. The Hall–Kier alpha value is -3.46. The normalized spacial score (nSPS) is 13.1. The van der Waals surface area contributed by atoms with Crippen molar-refractivity contribution in [3.05, 3.63) is 100 Å². The summed E-state index contributed by atoms with van der Waals surface area (Å²) in [6, 6.07) is 21.2. The zero-order chi connectivity index (χ0) is 28.9. The van der Waals surface area contributed by atoms with Gasteiger partial charge in [-0.15, -0.1) is 0 Å². The average Bonchev–Trinajstić information content (AvgIpc) is 2.93. The van der Waals surface area contributed by atoms with E-state index < -0.39 is 30.1 Å². The fourth-order valence-electron chi connectivity index (χ4n) is 3.84. The highest BCUT2D eigenvalue weighted by Gasteiger charge is 2.32. The maximum Gasteiger partial charge on any atom is 0.416 e. The van der Waals surface area contributed by atoms with Crippen LogP contribution in [-0.2, 0) is 27.1 Å². The molecule has 0 saturated heterocycles. The van der Waals surface area contributed by atoms with Crippen molar-refractivity contribution >= 4 is 39.9 Å². The molecule has 40 heavy (non-hydrogen) atoms. The number of fused-ring (bicyclic) bond motifs is 1. The molecule has 210 valence electrons. The number of rotatable bonds is 10. The summed E-state index contributed by atoms with van der Waals surface area (Å²) in [5, 5.41) is 0.567. The van der Waals surface area contributed by atoms with Crippen molar-refractivity contribution in [2.45, 2.75) is 45.4 Å². The van der Waals surface area contributed by atoms with Crippen LogP contribution >= 0.6 is 23.2 Å². The van der Waals surface area contributed by atoms with Crippen molar-refractivity contribution in [1.82, 2.24) is 0 Å². The van der Waals surface area contributed by atoms with Crippen molar-refractivity contribution in [3.8, 4) is 17.2 Å². The fraction of sp³-hybridized carbons (Fsp3) is 0.233. The molecule has 10 heteroatoms. The number of halogens is 5. The van der Waals surface area contributed by atoms with Crippen LogP contribution in [0, 0.1) is 0 Å². The average molecular weight is 593 g/mol. The standard InChI is InChI=1S/C30H25Cl2F3O5/c1-3-27(37-17-19-9-5-4-6-10-19)40-29(36)18(2)38-25-13-7-12-22-21(25)11-8-14-26(22)39-28-23(31)15-20(16-24(28)32)30(33,34)35/h4-16,18,27H,3,17H2,1-2H3. The van der Waals surface area contributed by atoms with Crippen LogP contribution in [0.4, 0.5) is 13.2 Å². The van der Waals surface area contributed by atoms with Gasteiger partial charge in [0.1, 0.15) is 11.5 Å². The molecule has 4 aromatic carbocycles. The van der Waals surface area contributed by atoms with Crippen molar-refractivity contribution in [3.63, 3.8) is 0 Å². The molecular formula is C30H25Cl2F3O5. The van der Waals surface area contributed by atoms with Crippen LogP contribution in [0.15, 0.2) is 78.9 Å². The molecule has 4 rings (SSSR count). The summed E-state index contributed by atoms with van der Waals surface area (Å²) in [4.78, 5) is 12.8. The fourth-order valence-corrected chi connectivity index (χ4v) is 4.40. The van der Waals surface area contributed by atoms with Crippen LogP contribution in [-0.4, -0.2) is 18.4 Å². The molecule has 0 aliphatic rings. The van der Waals surface area contributed by atoms with E-state index in [9.17, 15) is 18.0 Å². The number of hydrogen-bond acceptors (Lipinski definition) is 5. The Balaban J connectivity index is 1.49. The van der Waals surface area contributed by atoms with Crippen molar-refractivity contribution in [2.24, 2.45) is 0 Å². The Labute approximate surface area is 239 Å². The molecule has 2 unspecified atom stereocenters. The lowest BCUT2D eigenvalue weighted by Gasteiger charge is -2.21. The molecule has 0 amide bonds. The van der Waals surface area contributed by atoms with Crippen molar-refractivity contribution in [2.75, 3.05) is 0 Å². The van der Waals surface area contributed by atoms with Gasteiger partial charge in [0.05, 0.1) is 22.2 Å². The third-order valence-electron chi connectivity index (χ3n) is 5.88. The third-order valence-corrected chi connectivity index (χ3v) is 6.44. The second-order valence-electron chi connectivity index (χ2n) is 8.81. The van der Waals surface area contributed by atoms with E-state index in [1.807, 2.05) is 37.3 Å². The van der Waals surface area contributed by atoms with E-state index in [4.69, 9.17) is 42.1 Å². The molecule has 5 nitrogen and oxygen atoms in total. The molecule has 0 radical (unpaired) electrons. The van der Waals surface area contributed by atoms with E-state index in [0.29, 0.717) is 29.5 Å². The molecule has 0 heterocycles. The van der Waals surface area contributed by atoms with Gasteiger partial charge in [-0.25, -0.2) is 4.79 Å². The van der Waals surface area contributed by atoms with Crippen LogP contribution in [0.1, 0.15) is 31.4 Å². The van der Waals surface area contributed by atoms with Gasteiger partial charge in [-0.2, -0.15) is 13.2 Å². The van der Waals surface area contributed by atoms with Gasteiger partial charge in [0.15, 0.2) is 11.9 Å². The minimum Gasteiger partial charge on any atom is -0.478 e. The Bertz CT molecular complexity index is 1450. The van der Waals surface area contributed by atoms with Crippen LogP contribution in [0.2, 0.25) is 10.0 Å². The monoisotopic (exact) mass is 592 g/mol. The first-order valence-electron chi connectivity index (χ1n) is 12.3. The van der Waals surface area contributed by atoms with Crippen molar-refractivity contribution in [1.29, 1.82) is 0 Å². The Kier molecular flexibility index (Phi) is 9.45. The summed E-state index contributed by atoms with van der Waals surface area (Å²) in [6.07, 6.45) is -5.87. The van der Waals surface area contributed by atoms with Gasteiger partial charge in [0.2, 0.25) is 6.29 Å². The SMILES string of the molecule is CCC(OCc1ccccc1)OC(=O)C(C)Oc1cccc2c(Oc3c(Cl)cc(C(F)(F)F)cc3Cl)cccc12. The van der Waals surface area contributed by atoms with E-state index in [-0.39, 0.29) is 21.5 Å². The van der Waals surface area contributed by atoms with Gasteiger partial charge in [-0.05, 0) is 36.8 Å². The smallest absolute Gasteiger partial charge is 0.416 e. The highest BCUT2D eigenvalue weighted by molar-refractivity contribution is 6.37. The first-order valence-corrected chi connectivity index (χ1v) is 13.1.